The monoisotopic (exact) mass is 240 g/mol. The Labute approximate surface area is 100 Å². The van der Waals surface area contributed by atoms with Crippen LogP contribution in [-0.2, 0) is 6.54 Å². The number of nitrogen functional groups attached to an aromatic ring is 1. The van der Waals surface area contributed by atoms with Crippen LogP contribution in [-0.4, -0.2) is 34.1 Å². The number of nitrogens with one attached hydrogen (secondary N) is 1. The summed E-state index contributed by atoms with van der Waals surface area (Å²) in [6.07, 6.45) is 0.810. The van der Waals surface area contributed by atoms with Gasteiger partial charge in [-0.15, -0.1) is 0 Å². The summed E-state index contributed by atoms with van der Waals surface area (Å²) in [5.74, 6) is 0.214. The molecular formula is C11H20N4O2. The van der Waals surface area contributed by atoms with Crippen molar-refractivity contribution in [1.82, 2.24) is 14.5 Å². The molecule has 1 heterocycles. The third-order valence-electron chi connectivity index (χ3n) is 2.84. The molecule has 17 heavy (non-hydrogen) atoms. The van der Waals surface area contributed by atoms with Crippen molar-refractivity contribution in [3.63, 3.8) is 0 Å². The molecule has 3 N–H and O–H groups in total. The van der Waals surface area contributed by atoms with Gasteiger partial charge in [0.05, 0.1) is 0 Å². The highest BCUT2D eigenvalue weighted by molar-refractivity contribution is 5.25. The van der Waals surface area contributed by atoms with Crippen LogP contribution in [0.25, 0.3) is 0 Å². The van der Waals surface area contributed by atoms with Gasteiger partial charge in [-0.25, -0.2) is 4.79 Å². The van der Waals surface area contributed by atoms with Gasteiger partial charge in [-0.1, -0.05) is 0 Å². The molecule has 0 aromatic carbocycles. The molecule has 1 aromatic heterocycles. The number of hydrogen-bond acceptors (Lipinski definition) is 4. The van der Waals surface area contributed by atoms with E-state index in [0.717, 1.165) is 13.0 Å². The Balaban J connectivity index is 2.65. The minimum absolute atomic E-state index is 0.214. The number of aromatic amines is 1. The number of nitrogens with two attached hydrogens (primary N) is 1. The van der Waals surface area contributed by atoms with Crippen molar-refractivity contribution >= 4 is 5.82 Å². The van der Waals surface area contributed by atoms with Crippen LogP contribution in [0.4, 0.5) is 5.82 Å². The zero-order valence-electron chi connectivity index (χ0n) is 10.6. The highest BCUT2D eigenvalue weighted by Crippen LogP contribution is 1.99. The first-order valence-electron chi connectivity index (χ1n) is 5.71. The first-order chi connectivity index (χ1) is 7.91. The first kappa shape index (κ1) is 13.5. The molecule has 0 amide bonds. The van der Waals surface area contributed by atoms with Crippen LogP contribution in [0.2, 0.25) is 0 Å². The standard InChI is InChI=1S/C11H20N4O2/c1-8(2)14(3)5-4-6-15-9(12)7-10(16)13-11(15)17/h7-8H,4-6,12H2,1-3H3,(H,13,16,17). The Morgan fingerprint density at radius 1 is 1.47 bits per heavy atom. The number of anilines is 1. The number of aromatic nitrogens is 2. The van der Waals surface area contributed by atoms with E-state index in [1.807, 2.05) is 7.05 Å². The maximum absolute atomic E-state index is 11.5. The molecular weight excluding hydrogens is 220 g/mol. The SMILES string of the molecule is CC(C)N(C)CCCn1c(N)cc(=O)[nH]c1=O. The van der Waals surface area contributed by atoms with Gasteiger partial charge in [-0.05, 0) is 33.9 Å². The van der Waals surface area contributed by atoms with Crippen molar-refractivity contribution in [2.75, 3.05) is 19.3 Å². The average Bonchev–Trinajstić information content (AvgIpc) is 2.21. The number of H-pyrrole nitrogens is 1. The lowest BCUT2D eigenvalue weighted by Crippen LogP contribution is -2.33. The average molecular weight is 240 g/mol. The maximum atomic E-state index is 11.5. The van der Waals surface area contributed by atoms with E-state index in [2.05, 4.69) is 23.7 Å². The van der Waals surface area contributed by atoms with E-state index in [4.69, 9.17) is 5.73 Å². The van der Waals surface area contributed by atoms with E-state index in [0.29, 0.717) is 12.6 Å². The van der Waals surface area contributed by atoms with Gasteiger partial charge in [0.25, 0.3) is 5.56 Å². The van der Waals surface area contributed by atoms with Crippen LogP contribution < -0.4 is 17.0 Å². The molecule has 0 spiro atoms. The summed E-state index contributed by atoms with van der Waals surface area (Å²) < 4.78 is 1.38. The Morgan fingerprint density at radius 2 is 2.12 bits per heavy atom. The van der Waals surface area contributed by atoms with E-state index in [1.165, 1.54) is 10.6 Å². The lowest BCUT2D eigenvalue weighted by atomic mass is 10.3. The molecule has 0 radical (unpaired) electrons. The van der Waals surface area contributed by atoms with Gasteiger partial charge in [-0.2, -0.15) is 0 Å². The molecule has 0 atom stereocenters. The molecule has 0 saturated heterocycles. The van der Waals surface area contributed by atoms with Gasteiger partial charge < -0.3 is 10.6 Å². The topological polar surface area (TPSA) is 84.1 Å². The molecule has 0 aliphatic carbocycles. The first-order valence-corrected chi connectivity index (χ1v) is 5.71. The van der Waals surface area contributed by atoms with E-state index in [9.17, 15) is 9.59 Å². The fourth-order valence-corrected chi connectivity index (χ4v) is 1.51. The highest BCUT2D eigenvalue weighted by Gasteiger charge is 2.05. The minimum Gasteiger partial charge on any atom is -0.385 e. The molecule has 0 bridgehead atoms. The van der Waals surface area contributed by atoms with E-state index in [-0.39, 0.29) is 5.82 Å². The van der Waals surface area contributed by atoms with Crippen molar-refractivity contribution in [3.8, 4) is 0 Å². The molecule has 0 fully saturated rings. The molecule has 0 unspecified atom stereocenters. The second-order valence-corrected chi connectivity index (χ2v) is 4.44. The normalized spacial score (nSPS) is 11.4. The summed E-state index contributed by atoms with van der Waals surface area (Å²) in [4.78, 5) is 26.8. The summed E-state index contributed by atoms with van der Waals surface area (Å²) in [5, 5.41) is 0. The third-order valence-corrected chi connectivity index (χ3v) is 2.84. The fourth-order valence-electron chi connectivity index (χ4n) is 1.51. The second kappa shape index (κ2) is 5.67. The summed E-state index contributed by atoms with van der Waals surface area (Å²) in [6, 6.07) is 1.70. The quantitative estimate of drug-likeness (QED) is 0.749. The van der Waals surface area contributed by atoms with Crippen molar-refractivity contribution < 1.29 is 0 Å². The molecule has 1 rings (SSSR count). The molecule has 0 aliphatic rings. The lowest BCUT2D eigenvalue weighted by Gasteiger charge is -2.21. The summed E-state index contributed by atoms with van der Waals surface area (Å²) in [7, 11) is 2.03. The van der Waals surface area contributed by atoms with Gasteiger partial charge in [0.2, 0.25) is 0 Å². The van der Waals surface area contributed by atoms with Gasteiger partial charge in [0, 0.05) is 18.7 Å². The van der Waals surface area contributed by atoms with Crippen molar-refractivity contribution in [1.29, 1.82) is 0 Å². The van der Waals surface area contributed by atoms with Crippen LogP contribution >= 0.6 is 0 Å². The summed E-state index contributed by atoms with van der Waals surface area (Å²) in [6.45, 7) is 5.61. The van der Waals surface area contributed by atoms with Crippen molar-refractivity contribution in [2.45, 2.75) is 32.9 Å². The maximum Gasteiger partial charge on any atom is 0.329 e. The molecule has 6 heteroatoms. The Morgan fingerprint density at radius 3 is 2.65 bits per heavy atom. The number of nitrogens with zero attached hydrogens (tertiary/aromatic N) is 2. The molecule has 6 nitrogen and oxygen atoms in total. The Kier molecular flexibility index (Phi) is 4.51. The van der Waals surface area contributed by atoms with E-state index in [1.54, 1.807) is 0 Å². The number of rotatable bonds is 5. The fraction of sp³-hybridized carbons (Fsp3) is 0.636. The number of hydrogen-bond donors (Lipinski definition) is 2. The van der Waals surface area contributed by atoms with E-state index >= 15 is 0 Å². The van der Waals surface area contributed by atoms with Crippen molar-refractivity contribution in [3.05, 3.63) is 26.9 Å². The van der Waals surface area contributed by atoms with Crippen LogP contribution in [0.5, 0.6) is 0 Å². The van der Waals surface area contributed by atoms with Gasteiger partial charge in [0.15, 0.2) is 0 Å². The molecule has 1 aromatic rings. The zero-order chi connectivity index (χ0) is 13.0. The van der Waals surface area contributed by atoms with Crippen LogP contribution in [0.3, 0.4) is 0 Å². The summed E-state index contributed by atoms with van der Waals surface area (Å²) >= 11 is 0. The molecule has 0 aliphatic heterocycles. The molecule has 96 valence electrons. The highest BCUT2D eigenvalue weighted by atomic mass is 16.2. The van der Waals surface area contributed by atoms with Gasteiger partial charge in [0.1, 0.15) is 5.82 Å². The predicted octanol–water partition coefficient (Wildman–Crippen LogP) is -0.151. The smallest absolute Gasteiger partial charge is 0.329 e. The lowest BCUT2D eigenvalue weighted by molar-refractivity contribution is 0.265. The third kappa shape index (κ3) is 3.74. The van der Waals surface area contributed by atoms with Crippen molar-refractivity contribution in [2.24, 2.45) is 0 Å². The van der Waals surface area contributed by atoms with Crippen LogP contribution in [0.15, 0.2) is 15.7 Å². The van der Waals surface area contributed by atoms with Gasteiger partial charge in [-0.3, -0.25) is 14.3 Å². The van der Waals surface area contributed by atoms with E-state index < -0.39 is 11.2 Å². The zero-order valence-corrected chi connectivity index (χ0v) is 10.6. The summed E-state index contributed by atoms with van der Waals surface area (Å²) in [5.41, 5.74) is 4.73. The van der Waals surface area contributed by atoms with Gasteiger partial charge >= 0.3 is 5.69 Å². The minimum atomic E-state index is -0.456. The van der Waals surface area contributed by atoms with Crippen LogP contribution in [0, 0.1) is 0 Å². The Hall–Kier alpha value is -1.56. The second-order valence-electron chi connectivity index (χ2n) is 4.44. The predicted molar refractivity (Wildman–Crippen MR) is 68.1 cm³/mol. The molecule has 0 saturated carbocycles. The largest absolute Gasteiger partial charge is 0.385 e. The Bertz CT molecular complexity index is 475. The van der Waals surface area contributed by atoms with Crippen LogP contribution in [0.1, 0.15) is 20.3 Å².